The van der Waals surface area contributed by atoms with Crippen LogP contribution in [0.4, 0.5) is 32.3 Å². The third-order valence-electron chi connectivity index (χ3n) is 5.31. The Bertz CT molecular complexity index is 870. The van der Waals surface area contributed by atoms with Gasteiger partial charge in [-0.15, -0.1) is 0 Å². The minimum atomic E-state index is -5.08. The number of likely N-dealkylation sites (tertiary alicyclic amines) is 1. The molecular formula is C19H24F6N4O6. The molecular weight excluding hydrogens is 494 g/mol. The minimum absolute atomic E-state index is 0.0618. The zero-order chi connectivity index (χ0) is 26.4. The molecule has 4 rings (SSSR count). The summed E-state index contributed by atoms with van der Waals surface area (Å²) in [6.07, 6.45) is -7.08. The van der Waals surface area contributed by atoms with E-state index in [9.17, 15) is 26.3 Å². The van der Waals surface area contributed by atoms with Gasteiger partial charge in [0.25, 0.3) is 0 Å². The topological polar surface area (TPSA) is 125 Å². The number of carboxylic acid groups (broad SMARTS) is 2. The zero-order valence-corrected chi connectivity index (χ0v) is 18.5. The lowest BCUT2D eigenvalue weighted by Crippen LogP contribution is -2.42. The quantitative estimate of drug-likeness (QED) is 0.531. The first-order valence-electron chi connectivity index (χ1n) is 10.2. The Hall–Kier alpha value is -2.72. The molecule has 35 heavy (non-hydrogen) atoms. The molecule has 1 aromatic rings. The van der Waals surface area contributed by atoms with E-state index in [1.807, 2.05) is 6.20 Å². The predicted molar refractivity (Wildman–Crippen MR) is 106 cm³/mol. The predicted octanol–water partition coefficient (Wildman–Crippen LogP) is 1.68. The van der Waals surface area contributed by atoms with Crippen molar-refractivity contribution in [2.24, 2.45) is 0 Å². The Balaban J connectivity index is 0.000000257. The second kappa shape index (κ2) is 11.3. The van der Waals surface area contributed by atoms with E-state index in [-0.39, 0.29) is 5.41 Å². The van der Waals surface area contributed by atoms with E-state index < -0.39 is 24.3 Å². The molecule has 0 aliphatic carbocycles. The van der Waals surface area contributed by atoms with Crippen LogP contribution in [0.2, 0.25) is 0 Å². The lowest BCUT2D eigenvalue weighted by atomic mass is 9.81. The maximum absolute atomic E-state index is 10.6. The summed E-state index contributed by atoms with van der Waals surface area (Å²) in [4.78, 5) is 31.9. The summed E-state index contributed by atoms with van der Waals surface area (Å²) in [5, 5.41) is 14.2. The van der Waals surface area contributed by atoms with Crippen LogP contribution in [0.1, 0.15) is 17.7 Å². The number of likely N-dealkylation sites (N-methyl/N-ethyl adjacent to an activating group) is 1. The molecule has 1 spiro atoms. The van der Waals surface area contributed by atoms with Crippen molar-refractivity contribution in [2.45, 2.75) is 30.8 Å². The molecule has 1 atom stereocenters. The van der Waals surface area contributed by atoms with Gasteiger partial charge in [-0.1, -0.05) is 0 Å². The molecule has 2 N–H and O–H groups in total. The number of nitrogens with zero attached hydrogens (tertiary/aromatic N) is 4. The molecule has 0 saturated carbocycles. The van der Waals surface area contributed by atoms with Crippen LogP contribution in [0.5, 0.6) is 0 Å². The number of alkyl halides is 6. The van der Waals surface area contributed by atoms with Crippen molar-refractivity contribution < 1.29 is 55.6 Å². The standard InChI is InChI=1S/C15H22N4O2.2C2HF3O2/c1-18-3-2-15(10-18)11-21-9-12-8-16-14(17-13(12)15)19-4-6-20-7-5-19;2*3-2(4,5)1(6)7/h8H,2-7,9-11H2,1H3;2*(H,6,7). The highest BCUT2D eigenvalue weighted by atomic mass is 19.4. The zero-order valence-electron chi connectivity index (χ0n) is 18.5. The van der Waals surface area contributed by atoms with E-state index in [4.69, 9.17) is 34.3 Å². The minimum Gasteiger partial charge on any atom is -0.475 e. The fraction of sp³-hybridized carbons (Fsp3) is 0.684. The van der Waals surface area contributed by atoms with Crippen LogP contribution in [0.15, 0.2) is 6.20 Å². The molecule has 2 fully saturated rings. The first-order valence-corrected chi connectivity index (χ1v) is 10.2. The summed E-state index contributed by atoms with van der Waals surface area (Å²) in [6.45, 7) is 6.84. The molecule has 16 heteroatoms. The molecule has 10 nitrogen and oxygen atoms in total. The Morgan fingerprint density at radius 1 is 1.00 bits per heavy atom. The molecule has 0 aromatic carbocycles. The number of aliphatic carboxylic acids is 2. The molecule has 1 aromatic heterocycles. The number of fused-ring (bicyclic) bond motifs is 2. The van der Waals surface area contributed by atoms with Crippen LogP contribution < -0.4 is 4.90 Å². The van der Waals surface area contributed by atoms with Crippen molar-refractivity contribution in [1.29, 1.82) is 0 Å². The molecule has 0 bridgehead atoms. The van der Waals surface area contributed by atoms with Gasteiger partial charge in [-0.2, -0.15) is 26.3 Å². The maximum Gasteiger partial charge on any atom is 0.490 e. The molecule has 2 saturated heterocycles. The number of carbonyl (C=O) groups is 2. The second-order valence-electron chi connectivity index (χ2n) is 8.01. The number of carboxylic acids is 2. The third-order valence-corrected chi connectivity index (χ3v) is 5.31. The second-order valence-corrected chi connectivity index (χ2v) is 8.01. The Kier molecular flexibility index (Phi) is 9.24. The van der Waals surface area contributed by atoms with Gasteiger partial charge in [-0.05, 0) is 20.0 Å². The summed E-state index contributed by atoms with van der Waals surface area (Å²) in [5.74, 6) is -4.66. The van der Waals surface area contributed by atoms with E-state index in [0.29, 0.717) is 6.61 Å². The largest absolute Gasteiger partial charge is 0.490 e. The number of ether oxygens (including phenoxy) is 2. The number of hydrogen-bond acceptors (Lipinski definition) is 8. The number of rotatable bonds is 1. The Morgan fingerprint density at radius 3 is 2.00 bits per heavy atom. The molecule has 4 heterocycles. The molecule has 198 valence electrons. The summed E-state index contributed by atoms with van der Waals surface area (Å²) in [5.41, 5.74) is 2.44. The van der Waals surface area contributed by atoms with Crippen molar-refractivity contribution >= 4 is 17.9 Å². The van der Waals surface area contributed by atoms with Gasteiger partial charge in [-0.3, -0.25) is 0 Å². The van der Waals surface area contributed by atoms with E-state index in [1.54, 1.807) is 0 Å². The summed E-state index contributed by atoms with van der Waals surface area (Å²) < 4.78 is 74.7. The van der Waals surface area contributed by atoms with Gasteiger partial charge in [-0.25, -0.2) is 19.6 Å². The van der Waals surface area contributed by atoms with Crippen LogP contribution in [-0.2, 0) is 31.1 Å². The van der Waals surface area contributed by atoms with Crippen LogP contribution in [0.3, 0.4) is 0 Å². The Morgan fingerprint density at radius 2 is 1.54 bits per heavy atom. The van der Waals surface area contributed by atoms with E-state index in [0.717, 1.165) is 63.9 Å². The van der Waals surface area contributed by atoms with Gasteiger partial charge in [0, 0.05) is 31.4 Å². The summed E-state index contributed by atoms with van der Waals surface area (Å²) in [6, 6.07) is 0. The highest BCUT2D eigenvalue weighted by molar-refractivity contribution is 5.73. The summed E-state index contributed by atoms with van der Waals surface area (Å²) >= 11 is 0. The van der Waals surface area contributed by atoms with Crippen molar-refractivity contribution in [1.82, 2.24) is 14.9 Å². The summed E-state index contributed by atoms with van der Waals surface area (Å²) in [7, 11) is 2.17. The van der Waals surface area contributed by atoms with Crippen LogP contribution in [-0.4, -0.2) is 102 Å². The lowest BCUT2D eigenvalue weighted by molar-refractivity contribution is -0.193. The monoisotopic (exact) mass is 518 g/mol. The lowest BCUT2D eigenvalue weighted by Gasteiger charge is -2.35. The van der Waals surface area contributed by atoms with E-state index >= 15 is 0 Å². The van der Waals surface area contributed by atoms with Crippen LogP contribution in [0, 0.1) is 0 Å². The first kappa shape index (κ1) is 28.5. The average molecular weight is 518 g/mol. The number of anilines is 1. The third kappa shape index (κ3) is 7.90. The molecule has 1 unspecified atom stereocenters. The molecule has 3 aliphatic heterocycles. The molecule has 0 radical (unpaired) electrons. The van der Waals surface area contributed by atoms with Crippen molar-refractivity contribution in [3.05, 3.63) is 17.5 Å². The van der Waals surface area contributed by atoms with Gasteiger partial charge in [0.05, 0.1) is 37.5 Å². The van der Waals surface area contributed by atoms with Gasteiger partial charge >= 0.3 is 24.3 Å². The van der Waals surface area contributed by atoms with Gasteiger partial charge in [0.2, 0.25) is 5.95 Å². The fourth-order valence-corrected chi connectivity index (χ4v) is 3.69. The van der Waals surface area contributed by atoms with Crippen LogP contribution in [0.25, 0.3) is 0 Å². The SMILES string of the molecule is CN1CCC2(COCc3cnc(N4CCOCC4)nc32)C1.O=C(O)C(F)(F)F.O=C(O)C(F)(F)F. The van der Waals surface area contributed by atoms with Gasteiger partial charge in [0.15, 0.2) is 0 Å². The highest BCUT2D eigenvalue weighted by Gasteiger charge is 2.44. The smallest absolute Gasteiger partial charge is 0.475 e. The van der Waals surface area contributed by atoms with Crippen LogP contribution >= 0.6 is 0 Å². The van der Waals surface area contributed by atoms with Gasteiger partial charge in [0.1, 0.15) is 0 Å². The van der Waals surface area contributed by atoms with Crippen molar-refractivity contribution in [3.63, 3.8) is 0 Å². The van der Waals surface area contributed by atoms with E-state index in [2.05, 4.69) is 21.8 Å². The van der Waals surface area contributed by atoms with E-state index in [1.165, 1.54) is 5.69 Å². The normalized spacial score (nSPS) is 22.4. The first-order chi connectivity index (χ1) is 16.2. The van der Waals surface area contributed by atoms with Crippen molar-refractivity contribution in [3.8, 4) is 0 Å². The number of halogens is 6. The highest BCUT2D eigenvalue weighted by Crippen LogP contribution is 2.38. The fourth-order valence-electron chi connectivity index (χ4n) is 3.69. The van der Waals surface area contributed by atoms with Gasteiger partial charge < -0.3 is 29.5 Å². The Labute approximate surface area is 195 Å². The average Bonchev–Trinajstić information content (AvgIpc) is 3.15. The number of aromatic nitrogens is 2. The molecule has 3 aliphatic rings. The number of hydrogen-bond donors (Lipinski definition) is 2. The van der Waals surface area contributed by atoms with Crippen molar-refractivity contribution in [2.75, 3.05) is 57.9 Å². The number of morpholine rings is 1. The maximum atomic E-state index is 10.6. The molecule has 0 amide bonds.